The molecule has 26 heavy (non-hydrogen) atoms. The monoisotopic (exact) mass is 343 g/mol. The fraction of sp³-hybridized carbons (Fsp3) is 0.182. The molecule has 2 heterocycles. The molecule has 0 aliphatic heterocycles. The minimum absolute atomic E-state index is 0.293. The summed E-state index contributed by atoms with van der Waals surface area (Å²) >= 11 is 0. The Kier molecular flexibility index (Phi) is 2.88. The lowest BCUT2D eigenvalue weighted by Gasteiger charge is -2.27. The number of fused-ring (bicyclic) bond motifs is 4. The van der Waals surface area contributed by atoms with Crippen molar-refractivity contribution in [2.45, 2.75) is 26.2 Å². The van der Waals surface area contributed by atoms with Gasteiger partial charge >= 0.3 is 0 Å². The Morgan fingerprint density at radius 2 is 1.38 bits per heavy atom. The predicted molar refractivity (Wildman–Crippen MR) is 104 cm³/mol. The lowest BCUT2D eigenvalue weighted by molar-refractivity contribution is 0.449. The van der Waals surface area contributed by atoms with E-state index in [-0.39, 0.29) is 5.41 Å². The van der Waals surface area contributed by atoms with Gasteiger partial charge in [-0.2, -0.15) is 0 Å². The highest BCUT2D eigenvalue weighted by Gasteiger charge is 2.31. The van der Waals surface area contributed by atoms with Crippen molar-refractivity contribution in [1.29, 1.82) is 0 Å². The van der Waals surface area contributed by atoms with Crippen LogP contribution >= 0.6 is 0 Å². The van der Waals surface area contributed by atoms with Crippen LogP contribution in [0.1, 0.15) is 30.5 Å². The van der Waals surface area contributed by atoms with Crippen molar-refractivity contribution in [3.63, 3.8) is 0 Å². The highest BCUT2D eigenvalue weighted by molar-refractivity contribution is 5.79. The van der Waals surface area contributed by atoms with Gasteiger partial charge in [-0.05, 0) is 36.2 Å². The van der Waals surface area contributed by atoms with Gasteiger partial charge < -0.3 is 5.11 Å². The molecule has 0 spiro atoms. The van der Waals surface area contributed by atoms with Gasteiger partial charge in [-0.15, -0.1) is 14.1 Å². The predicted octanol–water partition coefficient (Wildman–Crippen LogP) is 4.76. The highest BCUT2D eigenvalue weighted by Crippen LogP contribution is 2.41. The first-order valence-electron chi connectivity index (χ1n) is 8.89. The maximum atomic E-state index is 11.2. The second-order valence-electron chi connectivity index (χ2n) is 7.53. The van der Waals surface area contributed by atoms with Crippen LogP contribution in [0.4, 0.5) is 0 Å². The molecular weight excluding hydrogens is 322 g/mol. The molecule has 0 radical (unpaired) electrons. The van der Waals surface area contributed by atoms with Crippen LogP contribution in [0.2, 0.25) is 0 Å². The van der Waals surface area contributed by atoms with E-state index in [2.05, 4.69) is 60.4 Å². The molecule has 0 saturated carbocycles. The molecule has 130 valence electrons. The Bertz CT molecular complexity index is 1180. The topological polar surface area (TPSA) is 34.0 Å². The smallest absolute Gasteiger partial charge is 0.147 e. The number of nitrogens with zero attached hydrogens (tertiary/aromatic N) is 3. The maximum Gasteiger partial charge on any atom is 0.147 e. The van der Waals surface area contributed by atoms with Gasteiger partial charge in [0.15, 0.2) is 0 Å². The number of benzene rings is 3. The van der Waals surface area contributed by atoms with Crippen LogP contribution in [-0.2, 0) is 5.41 Å². The molecule has 5 aromatic rings. The summed E-state index contributed by atoms with van der Waals surface area (Å²) in [5, 5.41) is 11.2. The molecule has 4 nitrogen and oxygen atoms in total. The standard InChI is InChI=1S/C22H21N3O/c1-15-13-17(22(2,3)16-9-5-4-6-10-16)21(26)20(14-15)25-23-18-11-7-8-12-19(18)24(23)25/h4-14,26H,1-3H3. The van der Waals surface area contributed by atoms with Crippen molar-refractivity contribution < 1.29 is 5.11 Å². The first-order valence-corrected chi connectivity index (χ1v) is 8.89. The van der Waals surface area contributed by atoms with E-state index in [4.69, 9.17) is 0 Å². The van der Waals surface area contributed by atoms with Crippen LogP contribution in [0.5, 0.6) is 5.75 Å². The molecule has 3 aromatic carbocycles. The quantitative estimate of drug-likeness (QED) is 0.503. The fourth-order valence-corrected chi connectivity index (χ4v) is 3.90. The molecule has 1 N–H and O–H groups in total. The largest absolute Gasteiger partial charge is 0.505 e. The zero-order valence-electron chi connectivity index (χ0n) is 15.1. The van der Waals surface area contributed by atoms with E-state index in [0.29, 0.717) is 5.75 Å². The van der Waals surface area contributed by atoms with Crippen molar-refractivity contribution in [2.24, 2.45) is 0 Å². The Morgan fingerprint density at radius 3 is 2.00 bits per heavy atom. The van der Waals surface area contributed by atoms with Gasteiger partial charge in [0.05, 0.1) is 0 Å². The number of phenols is 1. The van der Waals surface area contributed by atoms with Gasteiger partial charge in [0.1, 0.15) is 22.5 Å². The molecule has 0 bridgehead atoms. The van der Waals surface area contributed by atoms with E-state index in [1.807, 2.05) is 41.2 Å². The summed E-state index contributed by atoms with van der Waals surface area (Å²) in [5.41, 5.74) is 6.11. The van der Waals surface area contributed by atoms with Crippen molar-refractivity contribution in [2.75, 3.05) is 0 Å². The summed E-state index contributed by atoms with van der Waals surface area (Å²) in [6, 6.07) is 22.7. The van der Waals surface area contributed by atoms with Crippen LogP contribution in [0.15, 0.2) is 66.7 Å². The summed E-state index contributed by atoms with van der Waals surface area (Å²) in [7, 11) is 0. The van der Waals surface area contributed by atoms with Crippen LogP contribution in [0.3, 0.4) is 0 Å². The molecule has 5 rings (SSSR count). The Balaban J connectivity index is 1.70. The normalized spacial score (nSPS) is 12.6. The number of aromatic nitrogens is 3. The van der Waals surface area contributed by atoms with Crippen molar-refractivity contribution in [3.05, 3.63) is 83.4 Å². The van der Waals surface area contributed by atoms with E-state index in [1.165, 1.54) is 5.56 Å². The molecule has 0 fully saturated rings. The van der Waals surface area contributed by atoms with E-state index in [0.717, 1.165) is 27.8 Å². The Morgan fingerprint density at radius 1 is 0.808 bits per heavy atom. The number of para-hydroxylation sites is 2. The van der Waals surface area contributed by atoms with Crippen LogP contribution in [0, 0.1) is 6.92 Å². The van der Waals surface area contributed by atoms with Gasteiger partial charge in [-0.25, -0.2) is 0 Å². The second-order valence-corrected chi connectivity index (χ2v) is 7.53. The highest BCUT2D eigenvalue weighted by atomic mass is 16.3. The third-order valence-electron chi connectivity index (χ3n) is 5.44. The minimum Gasteiger partial charge on any atom is -0.505 e. The van der Waals surface area contributed by atoms with Crippen LogP contribution in [0.25, 0.3) is 16.7 Å². The van der Waals surface area contributed by atoms with E-state index < -0.39 is 0 Å². The Hall–Kier alpha value is -3.14. The number of rotatable bonds is 3. The molecule has 0 unspecified atom stereocenters. The van der Waals surface area contributed by atoms with Crippen molar-refractivity contribution in [1.82, 2.24) is 14.1 Å². The van der Waals surface area contributed by atoms with E-state index in [9.17, 15) is 5.11 Å². The lowest BCUT2D eigenvalue weighted by atomic mass is 9.77. The zero-order chi connectivity index (χ0) is 18.1. The molecule has 0 aliphatic rings. The fourth-order valence-electron chi connectivity index (χ4n) is 3.90. The molecule has 2 aromatic heterocycles. The average molecular weight is 343 g/mol. The van der Waals surface area contributed by atoms with Crippen molar-refractivity contribution in [3.8, 4) is 11.4 Å². The number of hydrogen-bond acceptors (Lipinski definition) is 1. The van der Waals surface area contributed by atoms with E-state index >= 15 is 0 Å². The number of hydrogen-bond donors (Lipinski definition) is 1. The molecule has 0 amide bonds. The summed E-state index contributed by atoms with van der Waals surface area (Å²) in [5.74, 6) is 0.338. The summed E-state index contributed by atoms with van der Waals surface area (Å²) < 4.78 is 4.15. The molecule has 0 atom stereocenters. The van der Waals surface area contributed by atoms with Gasteiger partial charge in [-0.1, -0.05) is 62.4 Å². The van der Waals surface area contributed by atoms with Gasteiger partial charge in [0, 0.05) is 11.0 Å². The van der Waals surface area contributed by atoms with Crippen molar-refractivity contribution >= 4 is 11.0 Å². The van der Waals surface area contributed by atoms with Gasteiger partial charge in [0.25, 0.3) is 0 Å². The van der Waals surface area contributed by atoms with E-state index in [1.54, 1.807) is 0 Å². The van der Waals surface area contributed by atoms with Gasteiger partial charge in [0.2, 0.25) is 0 Å². The Labute approximate surface area is 151 Å². The summed E-state index contributed by atoms with van der Waals surface area (Å²) in [6.45, 7) is 6.40. The number of aromatic hydroxyl groups is 1. The molecule has 4 heteroatoms. The number of aryl methyl sites for hydroxylation is 1. The van der Waals surface area contributed by atoms with Crippen LogP contribution in [-0.4, -0.2) is 19.2 Å². The lowest BCUT2D eigenvalue weighted by Crippen LogP contribution is -2.19. The van der Waals surface area contributed by atoms with Crippen LogP contribution < -0.4 is 0 Å². The number of phenolic OH excluding ortho intramolecular Hbond substituents is 1. The third kappa shape index (κ3) is 1.90. The third-order valence-corrected chi connectivity index (χ3v) is 5.44. The molecular formula is C22H21N3O. The SMILES string of the molecule is Cc1cc(-n2n3c4ccccc4n23)c(O)c(C(C)(C)c2ccccc2)c1. The minimum atomic E-state index is -0.293. The first kappa shape index (κ1) is 15.1. The average Bonchev–Trinajstić information content (AvgIpc) is 3.30. The zero-order valence-corrected chi connectivity index (χ0v) is 15.1. The van der Waals surface area contributed by atoms with Gasteiger partial charge in [-0.3, -0.25) is 0 Å². The first-order chi connectivity index (χ1) is 12.5. The molecule has 0 saturated heterocycles. The summed E-state index contributed by atoms with van der Waals surface area (Å²) in [4.78, 5) is 2.03. The maximum absolute atomic E-state index is 11.2. The second kappa shape index (κ2) is 4.94. The molecule has 0 aliphatic carbocycles. The summed E-state index contributed by atoms with van der Waals surface area (Å²) in [6.07, 6.45) is 0.